The van der Waals surface area contributed by atoms with Crippen LogP contribution in [0.4, 0.5) is 0 Å². The summed E-state index contributed by atoms with van der Waals surface area (Å²) in [6.45, 7) is 11.4. The molecule has 0 fully saturated rings. The summed E-state index contributed by atoms with van der Waals surface area (Å²) >= 11 is 0. The van der Waals surface area contributed by atoms with Crippen LogP contribution in [0, 0.1) is 5.41 Å². The first-order valence-corrected chi connectivity index (χ1v) is 7.66. The zero-order valence-corrected chi connectivity index (χ0v) is 11.1. The van der Waals surface area contributed by atoms with Gasteiger partial charge in [-0.1, -0.05) is 45.3 Å². The number of halogens is 1. The highest BCUT2D eigenvalue weighted by Gasteiger charge is 2.34. The Morgan fingerprint density at radius 2 is 1.33 bits per heavy atom. The minimum Gasteiger partial charge on any atom is -0.164 e. The summed E-state index contributed by atoms with van der Waals surface area (Å²) in [6, 6.07) is 0. The number of rotatable bonds is 2. The largest absolute Gasteiger partial charge is 0.164 e. The van der Waals surface area contributed by atoms with Crippen LogP contribution >= 0.6 is 19.9 Å². The van der Waals surface area contributed by atoms with Crippen LogP contribution in [-0.2, 0) is 0 Å². The van der Waals surface area contributed by atoms with Crippen LogP contribution in [0.1, 0.15) is 41.0 Å². The molecule has 12 heavy (non-hydrogen) atoms. The topological polar surface area (TPSA) is 0 Å². The lowest BCUT2D eigenvalue weighted by Crippen LogP contribution is -2.29. The first-order chi connectivity index (χ1) is 4.96. The van der Waals surface area contributed by atoms with Gasteiger partial charge in [-0.15, -0.1) is 0 Å². The number of hydrogen-bond acceptors (Lipinski definition) is 0. The van der Waals surface area contributed by atoms with Gasteiger partial charge >= 0.3 is 0 Å². The molecular formula is C10H23ClS. The molecule has 0 unspecified atom stereocenters. The summed E-state index contributed by atoms with van der Waals surface area (Å²) in [6.07, 6.45) is 5.55. The summed E-state index contributed by atoms with van der Waals surface area (Å²) < 4.78 is 0.271. The summed E-state index contributed by atoms with van der Waals surface area (Å²) in [7, 11) is 5.45. The van der Waals surface area contributed by atoms with Gasteiger partial charge in [-0.3, -0.25) is 0 Å². The molecule has 2 heteroatoms. The van der Waals surface area contributed by atoms with E-state index >= 15 is 0 Å². The van der Waals surface area contributed by atoms with Crippen LogP contribution in [0.3, 0.4) is 0 Å². The van der Waals surface area contributed by atoms with E-state index in [-0.39, 0.29) is 4.75 Å². The third-order valence-electron chi connectivity index (χ3n) is 2.27. The second kappa shape index (κ2) is 3.42. The Kier molecular flexibility index (Phi) is 3.60. The van der Waals surface area contributed by atoms with Crippen molar-refractivity contribution in [2.24, 2.45) is 5.41 Å². The predicted octanol–water partition coefficient (Wildman–Crippen LogP) is 4.42. The SMILES string of the molecule is CC(C)(C)CC(C)(C)S(C)(C)Cl. The van der Waals surface area contributed by atoms with Gasteiger partial charge in [-0.2, -0.15) is 9.24 Å². The molecular weight excluding hydrogens is 188 g/mol. The van der Waals surface area contributed by atoms with Crippen molar-refractivity contribution in [1.82, 2.24) is 0 Å². The molecule has 0 radical (unpaired) electrons. The fraction of sp³-hybridized carbons (Fsp3) is 1.00. The smallest absolute Gasteiger partial charge is 0.00701 e. The molecule has 0 spiro atoms. The van der Waals surface area contributed by atoms with Gasteiger partial charge < -0.3 is 0 Å². The lowest BCUT2D eigenvalue weighted by Gasteiger charge is -2.44. The molecule has 0 nitrogen and oxygen atoms in total. The monoisotopic (exact) mass is 210 g/mol. The Hall–Kier alpha value is 0.640. The Balaban J connectivity index is 4.44. The van der Waals surface area contributed by atoms with E-state index < -0.39 is 9.24 Å². The van der Waals surface area contributed by atoms with Crippen molar-refractivity contribution in [2.45, 2.75) is 45.8 Å². The molecule has 0 N–H and O–H groups in total. The fourth-order valence-corrected chi connectivity index (χ4v) is 2.39. The van der Waals surface area contributed by atoms with Crippen LogP contribution in [0.25, 0.3) is 0 Å². The summed E-state index contributed by atoms with van der Waals surface area (Å²) in [5.74, 6) is 0. The third kappa shape index (κ3) is 4.04. The molecule has 0 aromatic rings. The Labute approximate surface area is 83.9 Å². The minimum atomic E-state index is -0.963. The van der Waals surface area contributed by atoms with E-state index in [1.54, 1.807) is 0 Å². The molecule has 0 rings (SSSR count). The van der Waals surface area contributed by atoms with Crippen molar-refractivity contribution in [1.29, 1.82) is 0 Å². The van der Waals surface area contributed by atoms with Crippen LogP contribution < -0.4 is 0 Å². The first kappa shape index (κ1) is 12.6. The minimum absolute atomic E-state index is 0.271. The van der Waals surface area contributed by atoms with E-state index in [2.05, 4.69) is 47.1 Å². The molecule has 0 heterocycles. The lowest BCUT2D eigenvalue weighted by atomic mass is 9.86. The molecule has 76 valence electrons. The third-order valence-corrected chi connectivity index (χ3v) is 6.30. The van der Waals surface area contributed by atoms with Crippen LogP contribution in [0.2, 0.25) is 0 Å². The van der Waals surface area contributed by atoms with Gasteiger partial charge in [0, 0.05) is 4.75 Å². The molecule has 0 atom stereocenters. The van der Waals surface area contributed by atoms with E-state index in [0.717, 1.165) is 0 Å². The van der Waals surface area contributed by atoms with Crippen molar-refractivity contribution in [2.75, 3.05) is 12.5 Å². The van der Waals surface area contributed by atoms with Gasteiger partial charge in [0.15, 0.2) is 0 Å². The average molecular weight is 211 g/mol. The quantitative estimate of drug-likeness (QED) is 0.633. The second-order valence-electron chi connectivity index (χ2n) is 5.70. The van der Waals surface area contributed by atoms with Gasteiger partial charge in [-0.25, -0.2) is 0 Å². The lowest BCUT2D eigenvalue weighted by molar-refractivity contribution is 0.338. The maximum atomic E-state index is 6.41. The Morgan fingerprint density at radius 1 is 1.00 bits per heavy atom. The van der Waals surface area contributed by atoms with Crippen LogP contribution in [0.5, 0.6) is 0 Å². The highest BCUT2D eigenvalue weighted by molar-refractivity contribution is 8.51. The molecule has 0 bridgehead atoms. The zero-order valence-electron chi connectivity index (χ0n) is 9.49. The summed E-state index contributed by atoms with van der Waals surface area (Å²) in [5, 5.41) is 0. The maximum Gasteiger partial charge on any atom is 0.00701 e. The zero-order chi connectivity index (χ0) is 10.2. The van der Waals surface area contributed by atoms with Gasteiger partial charge in [-0.05, 0) is 24.3 Å². The standard InChI is InChI=1S/C10H23ClS/c1-9(2,3)8-10(4,5)12(6,7)11/h8H2,1-7H3. The Bertz CT molecular complexity index is 148. The highest BCUT2D eigenvalue weighted by atomic mass is 35.7. The van der Waals surface area contributed by atoms with E-state index in [1.165, 1.54) is 6.42 Å². The van der Waals surface area contributed by atoms with Crippen LogP contribution in [-0.4, -0.2) is 17.3 Å². The normalized spacial score (nSPS) is 16.3. The van der Waals surface area contributed by atoms with E-state index in [1.807, 2.05) is 0 Å². The maximum absolute atomic E-state index is 6.41. The molecule has 0 saturated heterocycles. The average Bonchev–Trinajstić information content (AvgIpc) is 1.52. The van der Waals surface area contributed by atoms with E-state index in [9.17, 15) is 0 Å². The van der Waals surface area contributed by atoms with Gasteiger partial charge in [0.1, 0.15) is 0 Å². The Morgan fingerprint density at radius 3 is 1.42 bits per heavy atom. The molecule has 0 aromatic carbocycles. The van der Waals surface area contributed by atoms with E-state index in [4.69, 9.17) is 10.7 Å². The fourth-order valence-electron chi connectivity index (χ4n) is 1.45. The van der Waals surface area contributed by atoms with Crippen molar-refractivity contribution < 1.29 is 0 Å². The predicted molar refractivity (Wildman–Crippen MR) is 63.4 cm³/mol. The molecule has 0 aliphatic rings. The van der Waals surface area contributed by atoms with Crippen molar-refractivity contribution in [3.05, 3.63) is 0 Å². The van der Waals surface area contributed by atoms with Gasteiger partial charge in [0.2, 0.25) is 0 Å². The molecule has 0 aliphatic carbocycles. The molecule has 0 saturated carbocycles. The van der Waals surface area contributed by atoms with Crippen molar-refractivity contribution >= 4 is 19.9 Å². The van der Waals surface area contributed by atoms with Crippen molar-refractivity contribution in [3.8, 4) is 0 Å². The van der Waals surface area contributed by atoms with Gasteiger partial charge in [0.05, 0.1) is 0 Å². The summed E-state index contributed by atoms with van der Waals surface area (Å²) in [5.41, 5.74) is 0.378. The first-order valence-electron chi connectivity index (χ1n) is 4.38. The second-order valence-corrected chi connectivity index (χ2v) is 11.5. The number of hydrogen-bond donors (Lipinski definition) is 0. The van der Waals surface area contributed by atoms with E-state index in [0.29, 0.717) is 5.41 Å². The molecule has 0 aliphatic heterocycles. The highest BCUT2D eigenvalue weighted by Crippen LogP contribution is 2.60. The molecule has 0 amide bonds. The summed E-state index contributed by atoms with van der Waals surface area (Å²) in [4.78, 5) is 0. The van der Waals surface area contributed by atoms with Gasteiger partial charge in [0.25, 0.3) is 0 Å². The van der Waals surface area contributed by atoms with Crippen LogP contribution in [0.15, 0.2) is 0 Å². The van der Waals surface area contributed by atoms with Crippen molar-refractivity contribution in [3.63, 3.8) is 0 Å². The molecule has 0 aromatic heterocycles.